The van der Waals surface area contributed by atoms with E-state index < -0.39 is 0 Å². The first-order valence-electron chi connectivity index (χ1n) is 4.05. The zero-order valence-corrected chi connectivity index (χ0v) is 9.10. The molecule has 0 saturated carbocycles. The second-order valence-electron chi connectivity index (χ2n) is 2.86. The van der Waals surface area contributed by atoms with Gasteiger partial charge in [0.1, 0.15) is 0 Å². The molecule has 0 radical (unpaired) electrons. The fraction of sp³-hybridized carbons (Fsp3) is 0.182. The van der Waals surface area contributed by atoms with E-state index in [4.69, 9.17) is 0 Å². The average Bonchev–Trinajstić information content (AvgIpc) is 2.08. The summed E-state index contributed by atoms with van der Waals surface area (Å²) in [5.41, 5.74) is 1.85. The van der Waals surface area contributed by atoms with Gasteiger partial charge in [-0.25, -0.2) is 0 Å². The van der Waals surface area contributed by atoms with Crippen LogP contribution in [-0.4, -0.2) is 5.78 Å². The highest BCUT2D eigenvalue weighted by atomic mass is 79.9. The SMILES string of the molecule is C=CCc1ccc(Br)c(C(C)=O)c1. The summed E-state index contributed by atoms with van der Waals surface area (Å²) in [6.45, 7) is 5.22. The number of benzene rings is 1. The highest BCUT2D eigenvalue weighted by Crippen LogP contribution is 2.19. The molecule has 0 aliphatic carbocycles. The molecule has 1 nitrogen and oxygen atoms in total. The van der Waals surface area contributed by atoms with Crippen LogP contribution in [0.4, 0.5) is 0 Å². The zero-order chi connectivity index (χ0) is 9.84. The maximum Gasteiger partial charge on any atom is 0.160 e. The molecule has 0 N–H and O–H groups in total. The molecule has 0 bridgehead atoms. The Bertz CT molecular complexity index is 342. The van der Waals surface area contributed by atoms with E-state index in [9.17, 15) is 4.79 Å². The topological polar surface area (TPSA) is 17.1 Å². The monoisotopic (exact) mass is 238 g/mol. The molecule has 0 saturated heterocycles. The van der Waals surface area contributed by atoms with Crippen molar-refractivity contribution < 1.29 is 4.79 Å². The van der Waals surface area contributed by atoms with E-state index in [2.05, 4.69) is 22.5 Å². The number of hydrogen-bond acceptors (Lipinski definition) is 1. The fourth-order valence-corrected chi connectivity index (χ4v) is 1.66. The predicted molar refractivity (Wildman–Crippen MR) is 58.0 cm³/mol. The summed E-state index contributed by atoms with van der Waals surface area (Å²) in [4.78, 5) is 11.2. The maximum absolute atomic E-state index is 11.2. The molecular weight excluding hydrogens is 228 g/mol. The summed E-state index contributed by atoms with van der Waals surface area (Å²) in [6.07, 6.45) is 2.63. The lowest BCUT2D eigenvalue weighted by atomic mass is 10.1. The van der Waals surface area contributed by atoms with Gasteiger partial charge in [0.2, 0.25) is 0 Å². The van der Waals surface area contributed by atoms with Gasteiger partial charge >= 0.3 is 0 Å². The number of ketones is 1. The van der Waals surface area contributed by atoms with Crippen LogP contribution < -0.4 is 0 Å². The van der Waals surface area contributed by atoms with Gasteiger partial charge in [0.15, 0.2) is 5.78 Å². The van der Waals surface area contributed by atoms with Gasteiger partial charge in [-0.1, -0.05) is 28.1 Å². The number of carbonyl (C=O) groups is 1. The number of halogens is 1. The Kier molecular flexibility index (Phi) is 3.43. The summed E-state index contributed by atoms with van der Waals surface area (Å²) in [7, 11) is 0. The van der Waals surface area contributed by atoms with E-state index in [0.29, 0.717) is 0 Å². The molecule has 1 aromatic rings. The van der Waals surface area contributed by atoms with Crippen LogP contribution in [0.5, 0.6) is 0 Å². The van der Waals surface area contributed by atoms with Gasteiger partial charge < -0.3 is 0 Å². The molecular formula is C11H11BrO. The van der Waals surface area contributed by atoms with E-state index in [0.717, 1.165) is 22.0 Å². The molecule has 13 heavy (non-hydrogen) atoms. The third kappa shape index (κ3) is 2.52. The lowest BCUT2D eigenvalue weighted by Gasteiger charge is -2.02. The minimum Gasteiger partial charge on any atom is -0.294 e. The second kappa shape index (κ2) is 4.38. The summed E-state index contributed by atoms with van der Waals surface area (Å²) in [5.74, 6) is 0.0813. The highest BCUT2D eigenvalue weighted by Gasteiger charge is 2.04. The quantitative estimate of drug-likeness (QED) is 0.583. The van der Waals surface area contributed by atoms with Crippen molar-refractivity contribution in [2.45, 2.75) is 13.3 Å². The van der Waals surface area contributed by atoms with Crippen molar-refractivity contribution in [2.75, 3.05) is 0 Å². The number of carbonyl (C=O) groups excluding carboxylic acids is 1. The summed E-state index contributed by atoms with van der Waals surface area (Å²) >= 11 is 3.34. The van der Waals surface area contributed by atoms with Gasteiger partial charge in [0.25, 0.3) is 0 Å². The van der Waals surface area contributed by atoms with E-state index in [1.807, 2.05) is 24.3 Å². The van der Waals surface area contributed by atoms with Gasteiger partial charge in [0.05, 0.1) is 0 Å². The molecule has 0 unspecified atom stereocenters. The van der Waals surface area contributed by atoms with Gasteiger partial charge in [-0.15, -0.1) is 6.58 Å². The molecule has 0 spiro atoms. The Morgan fingerprint density at radius 3 is 2.85 bits per heavy atom. The third-order valence-corrected chi connectivity index (χ3v) is 2.48. The Hall–Kier alpha value is -0.890. The van der Waals surface area contributed by atoms with E-state index >= 15 is 0 Å². The van der Waals surface area contributed by atoms with Gasteiger partial charge in [-0.05, 0) is 31.0 Å². The summed E-state index contributed by atoms with van der Waals surface area (Å²) < 4.78 is 0.854. The molecule has 0 fully saturated rings. The molecule has 0 amide bonds. The van der Waals surface area contributed by atoms with Crippen molar-refractivity contribution in [1.29, 1.82) is 0 Å². The first-order chi connectivity index (χ1) is 6.15. The van der Waals surface area contributed by atoms with Crippen LogP contribution >= 0.6 is 15.9 Å². The molecule has 0 aromatic heterocycles. The third-order valence-electron chi connectivity index (χ3n) is 1.79. The van der Waals surface area contributed by atoms with E-state index in [1.165, 1.54) is 0 Å². The minimum atomic E-state index is 0.0813. The maximum atomic E-state index is 11.2. The normalized spacial score (nSPS) is 9.69. The van der Waals surface area contributed by atoms with Crippen molar-refractivity contribution in [2.24, 2.45) is 0 Å². The molecule has 0 aliphatic heterocycles. The number of rotatable bonds is 3. The van der Waals surface area contributed by atoms with Gasteiger partial charge in [0, 0.05) is 10.0 Å². The fourth-order valence-electron chi connectivity index (χ4n) is 1.14. The Balaban J connectivity index is 3.10. The highest BCUT2D eigenvalue weighted by molar-refractivity contribution is 9.10. The molecule has 0 heterocycles. The summed E-state index contributed by atoms with van der Waals surface area (Å²) in [5, 5.41) is 0. The Morgan fingerprint density at radius 1 is 1.62 bits per heavy atom. The van der Waals surface area contributed by atoms with Crippen molar-refractivity contribution in [1.82, 2.24) is 0 Å². The van der Waals surface area contributed by atoms with Crippen molar-refractivity contribution in [3.63, 3.8) is 0 Å². The van der Waals surface area contributed by atoms with Crippen LogP contribution in [-0.2, 0) is 6.42 Å². The average molecular weight is 239 g/mol. The van der Waals surface area contributed by atoms with Crippen LogP contribution in [0.1, 0.15) is 22.8 Å². The lowest BCUT2D eigenvalue weighted by molar-refractivity contribution is 0.101. The van der Waals surface area contributed by atoms with Crippen LogP contribution in [0.3, 0.4) is 0 Å². The largest absolute Gasteiger partial charge is 0.294 e. The number of Topliss-reactive ketones (excluding diaryl/α,β-unsaturated/α-hetero) is 1. The first-order valence-corrected chi connectivity index (χ1v) is 4.84. The van der Waals surface area contributed by atoms with Crippen LogP contribution in [0, 0.1) is 0 Å². The van der Waals surface area contributed by atoms with Crippen molar-refractivity contribution in [3.8, 4) is 0 Å². The Labute approximate surface area is 86.6 Å². The van der Waals surface area contributed by atoms with Gasteiger partial charge in [-0.3, -0.25) is 4.79 Å². The van der Waals surface area contributed by atoms with Crippen LogP contribution in [0.2, 0.25) is 0 Å². The van der Waals surface area contributed by atoms with Crippen LogP contribution in [0.25, 0.3) is 0 Å². The van der Waals surface area contributed by atoms with E-state index in [1.54, 1.807) is 6.92 Å². The van der Waals surface area contributed by atoms with Gasteiger partial charge in [-0.2, -0.15) is 0 Å². The lowest BCUT2D eigenvalue weighted by Crippen LogP contribution is -1.95. The number of hydrogen-bond donors (Lipinski definition) is 0. The molecule has 0 aliphatic rings. The molecule has 0 atom stereocenters. The standard InChI is InChI=1S/C11H11BrO/c1-3-4-9-5-6-11(12)10(7-9)8(2)13/h3,5-7H,1,4H2,2H3. The molecule has 68 valence electrons. The second-order valence-corrected chi connectivity index (χ2v) is 3.72. The smallest absolute Gasteiger partial charge is 0.160 e. The van der Waals surface area contributed by atoms with Crippen LogP contribution in [0.15, 0.2) is 35.3 Å². The molecule has 1 aromatic carbocycles. The zero-order valence-electron chi connectivity index (χ0n) is 7.51. The van der Waals surface area contributed by atoms with Crippen molar-refractivity contribution in [3.05, 3.63) is 46.5 Å². The Morgan fingerprint density at radius 2 is 2.31 bits per heavy atom. The number of allylic oxidation sites excluding steroid dienone is 1. The predicted octanol–water partition coefficient (Wildman–Crippen LogP) is 3.38. The molecule has 1 rings (SSSR count). The first kappa shape index (κ1) is 10.2. The minimum absolute atomic E-state index is 0.0813. The van der Waals surface area contributed by atoms with E-state index in [-0.39, 0.29) is 5.78 Å². The molecule has 2 heteroatoms. The van der Waals surface area contributed by atoms with Crippen molar-refractivity contribution >= 4 is 21.7 Å². The summed E-state index contributed by atoms with van der Waals surface area (Å²) in [6, 6.07) is 5.78.